The molecule has 4 aromatic rings. The second kappa shape index (κ2) is 15.2. The summed E-state index contributed by atoms with van der Waals surface area (Å²) in [6.07, 6.45) is 0.221. The van der Waals surface area contributed by atoms with Gasteiger partial charge in [-0.1, -0.05) is 32.9 Å². The topological polar surface area (TPSA) is 155 Å². The number of carbonyl (C=O) groups is 1. The third-order valence-corrected chi connectivity index (χ3v) is 8.56. The number of carbonyl (C=O) groups excluding carboxylic acids is 1. The average molecular weight is 662 g/mol. The van der Waals surface area contributed by atoms with Gasteiger partial charge in [-0.25, -0.2) is 14.8 Å². The minimum absolute atomic E-state index is 0.0493. The molecule has 5 rings (SSSR count). The second-order valence-corrected chi connectivity index (χ2v) is 13.1. The zero-order chi connectivity index (χ0) is 34.4. The Hall–Kier alpha value is -4.43. The van der Waals surface area contributed by atoms with Gasteiger partial charge < -0.3 is 49.8 Å². The van der Waals surface area contributed by atoms with Crippen LogP contribution in [0.15, 0.2) is 61.1 Å². The zero-order valence-corrected chi connectivity index (χ0v) is 28.4. The molecule has 1 aliphatic heterocycles. The van der Waals surface area contributed by atoms with Crippen molar-refractivity contribution in [1.29, 1.82) is 0 Å². The van der Waals surface area contributed by atoms with Gasteiger partial charge in [-0.2, -0.15) is 0 Å². The number of hydrogen-bond acceptors (Lipinski definition) is 10. The molecule has 0 saturated carbocycles. The Morgan fingerprint density at radius 3 is 2.52 bits per heavy atom. The van der Waals surface area contributed by atoms with Gasteiger partial charge in [-0.3, -0.25) is 0 Å². The van der Waals surface area contributed by atoms with Gasteiger partial charge in [0.1, 0.15) is 47.6 Å². The van der Waals surface area contributed by atoms with Gasteiger partial charge in [0.2, 0.25) is 0 Å². The minimum Gasteiger partial charge on any atom is -0.497 e. The minimum atomic E-state index is -1.16. The first kappa shape index (κ1) is 34.9. The molecule has 0 aliphatic carbocycles. The average Bonchev–Trinajstić information content (AvgIpc) is 3.62. The number of methoxy groups -OCH3 is 2. The summed E-state index contributed by atoms with van der Waals surface area (Å²) in [6.45, 7) is 8.43. The molecular weight excluding hydrogens is 614 g/mol. The highest BCUT2D eigenvalue weighted by molar-refractivity contribution is 5.89. The van der Waals surface area contributed by atoms with Gasteiger partial charge in [0.25, 0.3) is 0 Å². The predicted octanol–water partition coefficient (Wildman–Crippen LogP) is 4.12. The lowest BCUT2D eigenvalue weighted by Crippen LogP contribution is -2.39. The molecule has 48 heavy (non-hydrogen) atoms. The lowest BCUT2D eigenvalue weighted by Gasteiger charge is -2.23. The highest BCUT2D eigenvalue weighted by Crippen LogP contribution is 2.34. The molecule has 0 radical (unpaired) electrons. The summed E-state index contributed by atoms with van der Waals surface area (Å²) in [4.78, 5) is 23.3. The van der Waals surface area contributed by atoms with Crippen molar-refractivity contribution in [1.82, 2.24) is 24.8 Å². The highest BCUT2D eigenvalue weighted by Gasteiger charge is 2.44. The number of anilines is 2. The molecule has 0 unspecified atom stereocenters. The van der Waals surface area contributed by atoms with E-state index in [0.29, 0.717) is 55.6 Å². The van der Waals surface area contributed by atoms with Gasteiger partial charge in [-0.05, 0) is 61.3 Å². The van der Waals surface area contributed by atoms with E-state index in [-0.39, 0.29) is 11.4 Å². The first-order valence-corrected chi connectivity index (χ1v) is 16.1. The molecule has 2 aromatic carbocycles. The SMILES string of the molecule is COc1ccc(CNc2ncnc3c2ccn3[C@@H]2O[C@H](CN(C)CCCNC(=O)Nc3ccc(C(C)(C)C)cc3)[C@H](O)[C@H]2O)c(OC)c1. The molecule has 1 fully saturated rings. The molecule has 1 saturated heterocycles. The number of rotatable bonds is 13. The van der Waals surface area contributed by atoms with Gasteiger partial charge >= 0.3 is 6.03 Å². The molecule has 4 atom stereocenters. The molecular formula is C35H47N7O6. The number of aliphatic hydroxyl groups is 2. The summed E-state index contributed by atoms with van der Waals surface area (Å²) in [5.74, 6) is 2.01. The summed E-state index contributed by atoms with van der Waals surface area (Å²) < 4.78 is 18.7. The molecule has 1 aliphatic rings. The van der Waals surface area contributed by atoms with Crippen LogP contribution in [0.2, 0.25) is 0 Å². The first-order valence-electron chi connectivity index (χ1n) is 16.1. The Labute approximate surface area is 281 Å². The fourth-order valence-corrected chi connectivity index (χ4v) is 5.78. The molecule has 0 bridgehead atoms. The number of ether oxygens (including phenoxy) is 3. The Kier molecular flexibility index (Phi) is 11.0. The van der Waals surface area contributed by atoms with E-state index in [1.54, 1.807) is 25.0 Å². The number of likely N-dealkylation sites (N-methyl/N-ethyl adjacent to an activating group) is 1. The fraction of sp³-hybridized carbons (Fsp3) is 0.457. The Morgan fingerprint density at radius 1 is 1.04 bits per heavy atom. The molecule has 2 amide bonds. The molecule has 3 heterocycles. The number of hydrogen-bond donors (Lipinski definition) is 5. The van der Waals surface area contributed by atoms with Crippen LogP contribution >= 0.6 is 0 Å². The van der Waals surface area contributed by atoms with Crippen LogP contribution in [0.3, 0.4) is 0 Å². The van der Waals surface area contributed by atoms with Crippen LogP contribution in [0.5, 0.6) is 11.5 Å². The van der Waals surface area contributed by atoms with Crippen molar-refractivity contribution in [3.63, 3.8) is 0 Å². The van der Waals surface area contributed by atoms with Crippen LogP contribution in [-0.4, -0.2) is 94.9 Å². The van der Waals surface area contributed by atoms with Gasteiger partial charge in [0.15, 0.2) is 6.23 Å². The maximum Gasteiger partial charge on any atom is 0.319 e. The summed E-state index contributed by atoms with van der Waals surface area (Å²) in [6, 6.07) is 15.1. The van der Waals surface area contributed by atoms with E-state index in [0.717, 1.165) is 16.6 Å². The van der Waals surface area contributed by atoms with Crippen molar-refractivity contribution >= 4 is 28.6 Å². The van der Waals surface area contributed by atoms with Gasteiger partial charge in [0, 0.05) is 43.1 Å². The number of urea groups is 1. The summed E-state index contributed by atoms with van der Waals surface area (Å²) >= 11 is 0. The molecule has 2 aromatic heterocycles. The van der Waals surface area contributed by atoms with E-state index in [4.69, 9.17) is 14.2 Å². The Bertz CT molecular complexity index is 1670. The van der Waals surface area contributed by atoms with E-state index in [1.165, 1.54) is 11.9 Å². The van der Waals surface area contributed by atoms with Crippen molar-refractivity contribution in [3.8, 4) is 11.5 Å². The number of aliphatic hydroxyl groups excluding tert-OH is 2. The predicted molar refractivity (Wildman–Crippen MR) is 185 cm³/mol. The third kappa shape index (κ3) is 8.16. The number of amides is 2. The van der Waals surface area contributed by atoms with E-state index in [2.05, 4.69) is 46.7 Å². The third-order valence-electron chi connectivity index (χ3n) is 8.56. The maximum absolute atomic E-state index is 12.4. The molecule has 13 nitrogen and oxygen atoms in total. The molecule has 0 spiro atoms. The van der Waals surface area contributed by atoms with E-state index in [9.17, 15) is 15.0 Å². The van der Waals surface area contributed by atoms with Crippen molar-refractivity contribution in [2.24, 2.45) is 0 Å². The fourth-order valence-electron chi connectivity index (χ4n) is 5.78. The zero-order valence-electron chi connectivity index (χ0n) is 28.4. The molecule has 258 valence electrons. The van der Waals surface area contributed by atoms with Crippen molar-refractivity contribution < 1.29 is 29.2 Å². The lowest BCUT2D eigenvalue weighted by molar-refractivity contribution is -0.0419. The first-order chi connectivity index (χ1) is 23.0. The van der Waals surface area contributed by atoms with Crippen molar-refractivity contribution in [2.45, 2.75) is 63.7 Å². The van der Waals surface area contributed by atoms with Crippen molar-refractivity contribution in [3.05, 3.63) is 72.2 Å². The quantitative estimate of drug-likeness (QED) is 0.132. The number of nitrogens with one attached hydrogen (secondary N) is 3. The number of benzene rings is 2. The smallest absolute Gasteiger partial charge is 0.319 e. The van der Waals surface area contributed by atoms with Crippen molar-refractivity contribution in [2.75, 3.05) is 51.5 Å². The van der Waals surface area contributed by atoms with E-state index in [1.807, 2.05) is 60.5 Å². The van der Waals surface area contributed by atoms with Gasteiger partial charge in [0.05, 0.1) is 19.6 Å². The van der Waals surface area contributed by atoms with Crippen LogP contribution in [0.1, 0.15) is 44.5 Å². The van der Waals surface area contributed by atoms with E-state index >= 15 is 0 Å². The summed E-state index contributed by atoms with van der Waals surface area (Å²) in [7, 11) is 5.14. The number of nitrogens with zero attached hydrogens (tertiary/aromatic N) is 4. The van der Waals surface area contributed by atoms with Crippen LogP contribution in [0, 0.1) is 0 Å². The Morgan fingerprint density at radius 2 is 1.81 bits per heavy atom. The summed E-state index contributed by atoms with van der Waals surface area (Å²) in [5.41, 5.74) is 3.48. The largest absolute Gasteiger partial charge is 0.497 e. The lowest BCUT2D eigenvalue weighted by atomic mass is 9.87. The summed E-state index contributed by atoms with van der Waals surface area (Å²) in [5, 5.41) is 31.7. The second-order valence-electron chi connectivity index (χ2n) is 13.1. The van der Waals surface area contributed by atoms with Crippen LogP contribution in [0.4, 0.5) is 16.3 Å². The Balaban J connectivity index is 1.12. The van der Waals surface area contributed by atoms with Gasteiger partial charge in [-0.15, -0.1) is 0 Å². The standard InChI is InChI=1S/C35H47N7O6/c1-35(2,3)23-9-11-24(12-10-23)40-34(45)36-15-7-16-41(4)20-28-29(43)30(44)33(48-28)42-17-14-26-31(38-21-39-32(26)42)37-19-22-8-13-25(46-5)18-27(22)47-6/h8-14,17-18,21,28-30,33,43-44H,7,15-16,19-20H2,1-6H3,(H2,36,40,45)(H,37,38,39)/t28-,29+,30-,33-/m1/s1. The van der Waals surface area contributed by atoms with Crippen LogP contribution in [-0.2, 0) is 16.7 Å². The highest BCUT2D eigenvalue weighted by atomic mass is 16.6. The molecule has 13 heteroatoms. The maximum atomic E-state index is 12.4. The van der Waals surface area contributed by atoms with Crippen LogP contribution in [0.25, 0.3) is 11.0 Å². The van der Waals surface area contributed by atoms with Crippen LogP contribution < -0.4 is 25.4 Å². The number of aromatic nitrogens is 3. The number of fused-ring (bicyclic) bond motifs is 1. The monoisotopic (exact) mass is 661 g/mol. The normalized spacial score (nSPS) is 19.4. The van der Waals surface area contributed by atoms with E-state index < -0.39 is 24.5 Å². The molecule has 5 N–H and O–H groups in total.